The number of carbonyl (C=O) groups is 3. The van der Waals surface area contributed by atoms with E-state index in [-0.39, 0.29) is 29.8 Å². The Labute approximate surface area is 144 Å². The Morgan fingerprint density at radius 2 is 2.16 bits per heavy atom. The first-order chi connectivity index (χ1) is 11.9. The van der Waals surface area contributed by atoms with Crippen molar-refractivity contribution in [1.82, 2.24) is 16.0 Å². The number of aromatic hydroxyl groups is 1. The lowest BCUT2D eigenvalue weighted by molar-refractivity contribution is -0.125. The van der Waals surface area contributed by atoms with E-state index in [9.17, 15) is 19.5 Å². The number of nitrogens with two attached hydrogens (primary N) is 1. The molecule has 2 fully saturated rings. The molecule has 8 heteroatoms. The Kier molecular flexibility index (Phi) is 4.35. The van der Waals surface area contributed by atoms with E-state index in [0.717, 1.165) is 12.8 Å². The molecule has 1 heterocycles. The summed E-state index contributed by atoms with van der Waals surface area (Å²) in [6.45, 7) is 0.224. The van der Waals surface area contributed by atoms with E-state index < -0.39 is 17.5 Å². The summed E-state index contributed by atoms with van der Waals surface area (Å²) in [5.41, 5.74) is 5.23. The molecular formula is C17H20N4O4. The first kappa shape index (κ1) is 16.8. The minimum atomic E-state index is -0.944. The van der Waals surface area contributed by atoms with Crippen molar-refractivity contribution in [2.24, 2.45) is 11.7 Å². The van der Waals surface area contributed by atoms with Crippen LogP contribution in [0, 0.1) is 5.92 Å². The number of hydrogen-bond acceptors (Lipinski definition) is 5. The predicted molar refractivity (Wildman–Crippen MR) is 90.0 cm³/mol. The zero-order valence-electron chi connectivity index (χ0n) is 13.5. The highest BCUT2D eigenvalue weighted by Gasteiger charge is 2.54. The zero-order valence-corrected chi connectivity index (χ0v) is 13.5. The maximum Gasteiger partial charge on any atom is 0.322 e. The van der Waals surface area contributed by atoms with Gasteiger partial charge in [-0.15, -0.1) is 0 Å². The number of phenols is 1. The molecule has 0 aromatic heterocycles. The van der Waals surface area contributed by atoms with Crippen molar-refractivity contribution in [1.29, 1.82) is 0 Å². The summed E-state index contributed by atoms with van der Waals surface area (Å²) < 4.78 is 0. The number of benzene rings is 1. The van der Waals surface area contributed by atoms with Gasteiger partial charge in [-0.1, -0.05) is 24.6 Å². The fourth-order valence-electron chi connectivity index (χ4n) is 3.48. The molecule has 4 amide bonds. The number of carbonyl (C=O) groups excluding carboxylic acids is 3. The van der Waals surface area contributed by atoms with Gasteiger partial charge in [0.05, 0.1) is 5.70 Å². The molecule has 25 heavy (non-hydrogen) atoms. The Balaban J connectivity index is 1.65. The van der Waals surface area contributed by atoms with Crippen LogP contribution < -0.4 is 21.7 Å². The highest BCUT2D eigenvalue weighted by molar-refractivity contribution is 6.07. The van der Waals surface area contributed by atoms with Crippen LogP contribution in [0.25, 0.3) is 6.08 Å². The van der Waals surface area contributed by atoms with Gasteiger partial charge in [-0.05, 0) is 25.0 Å². The molecule has 6 N–H and O–H groups in total. The molecule has 3 rings (SSSR count). The highest BCUT2D eigenvalue weighted by Crippen LogP contribution is 2.37. The quantitative estimate of drug-likeness (QED) is 0.393. The van der Waals surface area contributed by atoms with Crippen molar-refractivity contribution in [3.05, 3.63) is 35.5 Å². The van der Waals surface area contributed by atoms with Crippen LogP contribution in [0.1, 0.15) is 24.8 Å². The van der Waals surface area contributed by atoms with Crippen LogP contribution in [0.4, 0.5) is 4.79 Å². The third kappa shape index (κ3) is 3.15. The first-order valence-corrected chi connectivity index (χ1v) is 8.09. The molecule has 8 nitrogen and oxygen atoms in total. The molecule has 2 aliphatic rings. The van der Waals surface area contributed by atoms with Gasteiger partial charge >= 0.3 is 6.03 Å². The van der Waals surface area contributed by atoms with E-state index in [0.29, 0.717) is 12.0 Å². The maximum atomic E-state index is 12.2. The van der Waals surface area contributed by atoms with Gasteiger partial charge in [0.15, 0.2) is 0 Å². The van der Waals surface area contributed by atoms with Crippen molar-refractivity contribution in [2.45, 2.75) is 24.8 Å². The SMILES string of the molecule is N/C(=C\c1ccccc1O)C(=O)NCC1CCCC12NC(=O)NC2=O. The molecular weight excluding hydrogens is 324 g/mol. The molecule has 2 unspecified atom stereocenters. The number of para-hydroxylation sites is 1. The van der Waals surface area contributed by atoms with Crippen LogP contribution in [0.2, 0.25) is 0 Å². The fraction of sp³-hybridized carbons (Fsp3) is 0.353. The molecule has 0 radical (unpaired) electrons. The molecule has 1 spiro atoms. The van der Waals surface area contributed by atoms with Gasteiger partial charge in [-0.2, -0.15) is 0 Å². The summed E-state index contributed by atoms with van der Waals surface area (Å²) in [5.74, 6) is -0.999. The average molecular weight is 344 g/mol. The standard InChI is InChI=1S/C17H20N4O4/c18-12(8-10-4-1-2-6-13(10)22)14(23)19-9-11-5-3-7-17(11)15(24)20-16(25)21-17/h1-2,4,6,8,11,22H,3,5,7,9,18H2,(H,19,23)(H2,20,21,24,25)/b12-8-. The molecule has 1 aliphatic heterocycles. The molecule has 1 aromatic carbocycles. The average Bonchev–Trinajstić information content (AvgIpc) is 3.10. The third-order valence-electron chi connectivity index (χ3n) is 4.81. The normalized spacial score (nSPS) is 25.8. The number of nitrogens with one attached hydrogen (secondary N) is 3. The summed E-state index contributed by atoms with van der Waals surface area (Å²) >= 11 is 0. The number of hydrogen-bond donors (Lipinski definition) is 5. The van der Waals surface area contributed by atoms with Crippen LogP contribution in [0.5, 0.6) is 5.75 Å². The molecule has 132 valence electrons. The summed E-state index contributed by atoms with van der Waals surface area (Å²) in [4.78, 5) is 35.8. The molecule has 1 aromatic rings. The molecule has 2 atom stereocenters. The van der Waals surface area contributed by atoms with E-state index in [1.54, 1.807) is 18.2 Å². The Bertz CT molecular complexity index is 761. The van der Waals surface area contributed by atoms with Gasteiger partial charge in [0.25, 0.3) is 11.8 Å². The number of imide groups is 1. The largest absolute Gasteiger partial charge is 0.507 e. The van der Waals surface area contributed by atoms with Crippen molar-refractivity contribution < 1.29 is 19.5 Å². The second-order valence-corrected chi connectivity index (χ2v) is 6.34. The van der Waals surface area contributed by atoms with E-state index in [2.05, 4.69) is 16.0 Å². The minimum absolute atomic E-state index is 0.0262. The third-order valence-corrected chi connectivity index (χ3v) is 4.81. The van der Waals surface area contributed by atoms with E-state index in [1.165, 1.54) is 12.1 Å². The Morgan fingerprint density at radius 3 is 2.84 bits per heavy atom. The number of phenolic OH excluding ortho intramolecular Hbond substituents is 1. The summed E-state index contributed by atoms with van der Waals surface area (Å²) in [5, 5.41) is 17.4. The molecule has 1 aliphatic carbocycles. The topological polar surface area (TPSA) is 134 Å². The van der Waals surface area contributed by atoms with Gasteiger partial charge in [-0.25, -0.2) is 4.79 Å². The zero-order chi connectivity index (χ0) is 18.0. The smallest absolute Gasteiger partial charge is 0.322 e. The Hall–Kier alpha value is -3.03. The number of amides is 4. The lowest BCUT2D eigenvalue weighted by Crippen LogP contribution is -2.53. The number of rotatable bonds is 4. The monoisotopic (exact) mass is 344 g/mol. The van der Waals surface area contributed by atoms with Crippen LogP contribution in [0.15, 0.2) is 30.0 Å². The van der Waals surface area contributed by atoms with Crippen LogP contribution in [-0.4, -0.2) is 35.0 Å². The van der Waals surface area contributed by atoms with Crippen LogP contribution in [0.3, 0.4) is 0 Å². The predicted octanol–water partition coefficient (Wildman–Crippen LogP) is 0.186. The van der Waals surface area contributed by atoms with Crippen molar-refractivity contribution in [3.63, 3.8) is 0 Å². The maximum absolute atomic E-state index is 12.2. The van der Waals surface area contributed by atoms with Gasteiger partial charge in [0.2, 0.25) is 0 Å². The van der Waals surface area contributed by atoms with Crippen molar-refractivity contribution >= 4 is 23.9 Å². The van der Waals surface area contributed by atoms with E-state index >= 15 is 0 Å². The second kappa shape index (κ2) is 6.46. The van der Waals surface area contributed by atoms with E-state index in [1.807, 2.05) is 0 Å². The minimum Gasteiger partial charge on any atom is -0.507 e. The first-order valence-electron chi connectivity index (χ1n) is 8.09. The van der Waals surface area contributed by atoms with Crippen LogP contribution >= 0.6 is 0 Å². The second-order valence-electron chi connectivity index (χ2n) is 6.34. The summed E-state index contributed by atoms with van der Waals surface area (Å²) in [7, 11) is 0. The van der Waals surface area contributed by atoms with Crippen molar-refractivity contribution in [3.8, 4) is 5.75 Å². The fourth-order valence-corrected chi connectivity index (χ4v) is 3.48. The lowest BCUT2D eigenvalue weighted by Gasteiger charge is -2.28. The highest BCUT2D eigenvalue weighted by atomic mass is 16.3. The van der Waals surface area contributed by atoms with Gasteiger partial charge in [0.1, 0.15) is 11.3 Å². The lowest BCUT2D eigenvalue weighted by atomic mass is 9.87. The molecule has 0 bridgehead atoms. The van der Waals surface area contributed by atoms with Gasteiger partial charge < -0.3 is 21.5 Å². The molecule has 1 saturated carbocycles. The summed E-state index contributed by atoms with van der Waals surface area (Å²) in [6, 6.07) is 6.03. The van der Waals surface area contributed by atoms with Crippen LogP contribution in [-0.2, 0) is 9.59 Å². The van der Waals surface area contributed by atoms with Gasteiger partial charge in [-0.3, -0.25) is 14.9 Å². The summed E-state index contributed by atoms with van der Waals surface area (Å²) in [6.07, 6.45) is 3.45. The number of urea groups is 1. The van der Waals surface area contributed by atoms with Crippen molar-refractivity contribution in [2.75, 3.05) is 6.54 Å². The van der Waals surface area contributed by atoms with E-state index in [4.69, 9.17) is 5.73 Å². The Morgan fingerprint density at radius 1 is 1.40 bits per heavy atom. The molecule has 1 saturated heterocycles. The van der Waals surface area contributed by atoms with Gasteiger partial charge in [0, 0.05) is 18.0 Å².